The molecule has 0 aromatic rings. The summed E-state index contributed by atoms with van der Waals surface area (Å²) in [5.74, 6) is 1.00. The molecule has 2 unspecified atom stereocenters. The Kier molecular flexibility index (Phi) is 5.81. The van der Waals surface area contributed by atoms with Crippen LogP contribution in [-0.4, -0.2) is 37.0 Å². The van der Waals surface area contributed by atoms with Crippen molar-refractivity contribution < 1.29 is 4.79 Å². The van der Waals surface area contributed by atoms with Crippen LogP contribution in [0.15, 0.2) is 0 Å². The second kappa shape index (κ2) is 6.89. The third-order valence-electron chi connectivity index (χ3n) is 3.57. The van der Waals surface area contributed by atoms with Gasteiger partial charge in [-0.2, -0.15) is 0 Å². The number of amides is 1. The first-order valence-corrected chi connectivity index (χ1v) is 6.66. The average molecular weight is 226 g/mol. The second-order valence-corrected chi connectivity index (χ2v) is 4.88. The molecule has 0 saturated carbocycles. The molecule has 16 heavy (non-hydrogen) atoms. The number of carbonyl (C=O) groups is 1. The van der Waals surface area contributed by atoms with Crippen molar-refractivity contribution in [2.24, 2.45) is 5.92 Å². The van der Waals surface area contributed by atoms with Crippen LogP contribution in [0.25, 0.3) is 0 Å². The van der Waals surface area contributed by atoms with Crippen molar-refractivity contribution in [1.82, 2.24) is 10.2 Å². The van der Waals surface area contributed by atoms with E-state index in [-0.39, 0.29) is 0 Å². The maximum absolute atomic E-state index is 11.7. The van der Waals surface area contributed by atoms with E-state index >= 15 is 0 Å². The van der Waals surface area contributed by atoms with Gasteiger partial charge in [0.15, 0.2) is 0 Å². The van der Waals surface area contributed by atoms with Crippen LogP contribution >= 0.6 is 0 Å². The van der Waals surface area contributed by atoms with Gasteiger partial charge in [-0.05, 0) is 25.8 Å². The molecular formula is C13H26N2O. The van der Waals surface area contributed by atoms with E-state index in [1.807, 2.05) is 18.9 Å². The number of rotatable bonds is 5. The zero-order chi connectivity index (χ0) is 12.0. The van der Waals surface area contributed by atoms with E-state index in [1.54, 1.807) is 0 Å². The summed E-state index contributed by atoms with van der Waals surface area (Å²) in [5, 5.41) is 3.33. The summed E-state index contributed by atoms with van der Waals surface area (Å²) < 4.78 is 0. The summed E-state index contributed by atoms with van der Waals surface area (Å²) in [4.78, 5) is 13.8. The number of hydrogen-bond acceptors (Lipinski definition) is 2. The normalized spacial score (nSPS) is 25.8. The Morgan fingerprint density at radius 2 is 2.12 bits per heavy atom. The zero-order valence-electron chi connectivity index (χ0n) is 11.0. The van der Waals surface area contributed by atoms with Gasteiger partial charge in [0.05, 0.1) is 0 Å². The Morgan fingerprint density at radius 1 is 1.38 bits per heavy atom. The summed E-state index contributed by atoms with van der Waals surface area (Å²) in [6.07, 6.45) is 5.67. The van der Waals surface area contributed by atoms with E-state index in [9.17, 15) is 4.79 Å². The molecule has 3 nitrogen and oxygen atoms in total. The molecule has 1 saturated heterocycles. The van der Waals surface area contributed by atoms with Crippen LogP contribution in [0.3, 0.4) is 0 Å². The number of carbonyl (C=O) groups excluding carboxylic acids is 1. The maximum atomic E-state index is 11.7. The van der Waals surface area contributed by atoms with Gasteiger partial charge in [-0.25, -0.2) is 0 Å². The lowest BCUT2D eigenvalue weighted by atomic mass is 9.90. The molecule has 1 aliphatic rings. The van der Waals surface area contributed by atoms with Gasteiger partial charge in [0.1, 0.15) is 0 Å². The molecular weight excluding hydrogens is 200 g/mol. The number of likely N-dealkylation sites (N-methyl/N-ethyl adjacent to an activating group) is 1. The molecule has 1 N–H and O–H groups in total. The van der Waals surface area contributed by atoms with Crippen molar-refractivity contribution in [3.8, 4) is 0 Å². The quantitative estimate of drug-likeness (QED) is 0.778. The van der Waals surface area contributed by atoms with Gasteiger partial charge in [-0.3, -0.25) is 4.79 Å². The smallest absolute Gasteiger partial charge is 0.222 e. The van der Waals surface area contributed by atoms with Crippen LogP contribution < -0.4 is 5.32 Å². The molecule has 0 spiro atoms. The van der Waals surface area contributed by atoms with Gasteiger partial charge < -0.3 is 10.2 Å². The van der Waals surface area contributed by atoms with Crippen LogP contribution in [0.4, 0.5) is 0 Å². The number of likely N-dealkylation sites (tertiary alicyclic amines) is 1. The highest BCUT2D eigenvalue weighted by Crippen LogP contribution is 2.22. The van der Waals surface area contributed by atoms with E-state index in [0.29, 0.717) is 24.3 Å². The van der Waals surface area contributed by atoms with Gasteiger partial charge in [-0.1, -0.05) is 26.7 Å². The summed E-state index contributed by atoms with van der Waals surface area (Å²) in [5.41, 5.74) is 0. The van der Waals surface area contributed by atoms with Crippen molar-refractivity contribution in [2.75, 3.05) is 20.1 Å². The lowest BCUT2D eigenvalue weighted by molar-refractivity contribution is -0.133. The minimum Gasteiger partial charge on any atom is -0.341 e. The molecule has 2 atom stereocenters. The lowest BCUT2D eigenvalue weighted by Crippen LogP contribution is -2.50. The van der Waals surface area contributed by atoms with Gasteiger partial charge in [0.2, 0.25) is 5.91 Å². The molecule has 1 heterocycles. The Morgan fingerprint density at radius 3 is 2.69 bits per heavy atom. The van der Waals surface area contributed by atoms with Crippen LogP contribution in [0, 0.1) is 5.92 Å². The predicted molar refractivity (Wildman–Crippen MR) is 67.4 cm³/mol. The third kappa shape index (κ3) is 3.78. The van der Waals surface area contributed by atoms with Gasteiger partial charge in [-0.15, -0.1) is 0 Å². The molecule has 0 bridgehead atoms. The number of hydrogen-bond donors (Lipinski definition) is 1. The van der Waals surface area contributed by atoms with Crippen LogP contribution in [0.2, 0.25) is 0 Å². The molecule has 0 aromatic heterocycles. The molecule has 3 heteroatoms. The van der Waals surface area contributed by atoms with Gasteiger partial charge in [0.25, 0.3) is 0 Å². The minimum atomic E-state index is 0.307. The largest absolute Gasteiger partial charge is 0.341 e. The van der Waals surface area contributed by atoms with E-state index in [0.717, 1.165) is 13.1 Å². The lowest BCUT2D eigenvalue weighted by Gasteiger charge is -2.37. The fourth-order valence-corrected chi connectivity index (χ4v) is 2.54. The maximum Gasteiger partial charge on any atom is 0.222 e. The molecule has 1 aliphatic heterocycles. The molecule has 1 amide bonds. The molecule has 94 valence electrons. The molecule has 1 fully saturated rings. The summed E-state index contributed by atoms with van der Waals surface area (Å²) >= 11 is 0. The predicted octanol–water partition coefficient (Wildman–Crippen LogP) is 2.02. The molecule has 0 radical (unpaired) electrons. The standard InChI is InChI=1S/C13H26N2O/c1-4-6-7-11-8-12(14-3)10-15(9-11)13(16)5-2/h11-12,14H,4-10H2,1-3H3. The highest BCUT2D eigenvalue weighted by atomic mass is 16.2. The van der Waals surface area contributed by atoms with E-state index in [1.165, 1.54) is 25.7 Å². The fourth-order valence-electron chi connectivity index (χ4n) is 2.54. The van der Waals surface area contributed by atoms with Crippen molar-refractivity contribution in [3.05, 3.63) is 0 Å². The monoisotopic (exact) mass is 226 g/mol. The Hall–Kier alpha value is -0.570. The minimum absolute atomic E-state index is 0.307. The third-order valence-corrected chi connectivity index (χ3v) is 3.57. The van der Waals surface area contributed by atoms with E-state index in [2.05, 4.69) is 12.2 Å². The average Bonchev–Trinajstić information content (AvgIpc) is 2.34. The number of piperidine rings is 1. The number of nitrogens with zero attached hydrogens (tertiary/aromatic N) is 1. The highest BCUT2D eigenvalue weighted by molar-refractivity contribution is 5.76. The van der Waals surface area contributed by atoms with Crippen LogP contribution in [0.1, 0.15) is 46.0 Å². The van der Waals surface area contributed by atoms with Gasteiger partial charge in [0, 0.05) is 25.6 Å². The van der Waals surface area contributed by atoms with Crippen molar-refractivity contribution in [3.63, 3.8) is 0 Å². The summed E-state index contributed by atoms with van der Waals surface area (Å²) in [7, 11) is 2.00. The van der Waals surface area contributed by atoms with Crippen LogP contribution in [-0.2, 0) is 4.79 Å². The van der Waals surface area contributed by atoms with Crippen molar-refractivity contribution in [1.29, 1.82) is 0 Å². The van der Waals surface area contributed by atoms with E-state index < -0.39 is 0 Å². The first-order chi connectivity index (χ1) is 7.71. The van der Waals surface area contributed by atoms with Gasteiger partial charge >= 0.3 is 0 Å². The SMILES string of the molecule is CCCCC1CC(NC)CN(C(=O)CC)C1. The highest BCUT2D eigenvalue weighted by Gasteiger charge is 2.27. The topological polar surface area (TPSA) is 32.3 Å². The Labute approximate surface area is 99.6 Å². The van der Waals surface area contributed by atoms with E-state index in [4.69, 9.17) is 0 Å². The summed E-state index contributed by atoms with van der Waals surface area (Å²) in [6, 6.07) is 0.492. The summed E-state index contributed by atoms with van der Waals surface area (Å²) in [6.45, 7) is 6.05. The fraction of sp³-hybridized carbons (Fsp3) is 0.923. The Bertz CT molecular complexity index is 218. The molecule has 1 rings (SSSR count). The van der Waals surface area contributed by atoms with Crippen molar-refractivity contribution >= 4 is 5.91 Å². The van der Waals surface area contributed by atoms with Crippen molar-refractivity contribution in [2.45, 2.75) is 52.0 Å². The first-order valence-electron chi connectivity index (χ1n) is 6.66. The Balaban J connectivity index is 2.50. The molecule has 0 aliphatic carbocycles. The number of nitrogens with one attached hydrogen (secondary N) is 1. The van der Waals surface area contributed by atoms with Crippen LogP contribution in [0.5, 0.6) is 0 Å². The molecule has 0 aromatic carbocycles. The first kappa shape index (κ1) is 13.5. The zero-order valence-corrected chi connectivity index (χ0v) is 11.0. The number of unbranched alkanes of at least 4 members (excludes halogenated alkanes) is 1. The second-order valence-electron chi connectivity index (χ2n) is 4.88.